The van der Waals surface area contributed by atoms with Crippen LogP contribution in [-0.2, 0) is 17.6 Å². The molecule has 15 heavy (non-hydrogen) atoms. The lowest BCUT2D eigenvalue weighted by Gasteiger charge is -2.30. The van der Waals surface area contributed by atoms with E-state index in [-0.39, 0.29) is 5.75 Å². The fraction of sp³-hybridized carbons (Fsp3) is 0.417. The van der Waals surface area contributed by atoms with Crippen molar-refractivity contribution in [2.24, 2.45) is 5.41 Å². The topological polar surface area (TPSA) is 57.5 Å². The van der Waals surface area contributed by atoms with E-state index in [0.717, 1.165) is 17.5 Å². The van der Waals surface area contributed by atoms with Crippen molar-refractivity contribution >= 4 is 5.97 Å². The third kappa shape index (κ3) is 1.69. The SMILES string of the molecule is CC1(C(=O)O)CCc2cc(O)ccc2C1. The lowest BCUT2D eigenvalue weighted by molar-refractivity contribution is -0.148. The summed E-state index contributed by atoms with van der Waals surface area (Å²) in [4.78, 5) is 11.1. The van der Waals surface area contributed by atoms with Gasteiger partial charge in [0, 0.05) is 0 Å². The zero-order valence-corrected chi connectivity index (χ0v) is 8.66. The second-order valence-corrected chi connectivity index (χ2v) is 4.50. The number of aliphatic carboxylic acids is 1. The van der Waals surface area contributed by atoms with Crippen LogP contribution in [0, 0.1) is 5.41 Å². The minimum absolute atomic E-state index is 0.257. The largest absolute Gasteiger partial charge is 0.508 e. The average Bonchev–Trinajstić information content (AvgIpc) is 2.18. The van der Waals surface area contributed by atoms with Gasteiger partial charge in [-0.25, -0.2) is 0 Å². The molecule has 1 aromatic carbocycles. The summed E-state index contributed by atoms with van der Waals surface area (Å²) >= 11 is 0. The van der Waals surface area contributed by atoms with Gasteiger partial charge >= 0.3 is 5.97 Å². The summed E-state index contributed by atoms with van der Waals surface area (Å²) in [6.07, 6.45) is 1.92. The van der Waals surface area contributed by atoms with Crippen molar-refractivity contribution in [1.82, 2.24) is 0 Å². The van der Waals surface area contributed by atoms with Crippen molar-refractivity contribution in [3.63, 3.8) is 0 Å². The minimum Gasteiger partial charge on any atom is -0.508 e. The normalized spacial score (nSPS) is 24.6. The Bertz CT molecular complexity index is 411. The number of carboxylic acids is 1. The highest BCUT2D eigenvalue weighted by molar-refractivity contribution is 5.75. The smallest absolute Gasteiger partial charge is 0.309 e. The summed E-state index contributed by atoms with van der Waals surface area (Å²) in [7, 11) is 0. The number of hydrogen-bond donors (Lipinski definition) is 2. The molecule has 1 atom stereocenters. The quantitative estimate of drug-likeness (QED) is 0.738. The highest BCUT2D eigenvalue weighted by Gasteiger charge is 2.36. The molecule has 1 aromatic rings. The molecule has 0 heterocycles. The van der Waals surface area contributed by atoms with Gasteiger partial charge in [-0.05, 0) is 49.4 Å². The number of rotatable bonds is 1. The van der Waals surface area contributed by atoms with Crippen molar-refractivity contribution in [3.05, 3.63) is 29.3 Å². The van der Waals surface area contributed by atoms with Crippen molar-refractivity contribution in [3.8, 4) is 5.75 Å². The molecule has 3 heteroatoms. The van der Waals surface area contributed by atoms with Gasteiger partial charge in [0.05, 0.1) is 5.41 Å². The maximum atomic E-state index is 11.1. The summed E-state index contributed by atoms with van der Waals surface area (Å²) in [5.41, 5.74) is 1.47. The lowest BCUT2D eigenvalue weighted by Crippen LogP contribution is -2.33. The number of carbonyl (C=O) groups is 1. The molecule has 2 N–H and O–H groups in total. The van der Waals surface area contributed by atoms with Gasteiger partial charge in [-0.3, -0.25) is 4.79 Å². The second kappa shape index (κ2) is 3.26. The highest BCUT2D eigenvalue weighted by atomic mass is 16.4. The number of benzene rings is 1. The number of phenolic OH excluding ortho intramolecular Hbond substituents is 1. The van der Waals surface area contributed by atoms with Crippen LogP contribution in [0.25, 0.3) is 0 Å². The molecule has 0 bridgehead atoms. The van der Waals surface area contributed by atoms with E-state index in [2.05, 4.69) is 0 Å². The molecule has 1 aliphatic carbocycles. The van der Waals surface area contributed by atoms with Gasteiger partial charge in [0.25, 0.3) is 0 Å². The molecule has 2 rings (SSSR count). The molecule has 0 saturated heterocycles. The number of aromatic hydroxyl groups is 1. The summed E-state index contributed by atoms with van der Waals surface area (Å²) in [5.74, 6) is -0.478. The molecule has 0 radical (unpaired) electrons. The fourth-order valence-electron chi connectivity index (χ4n) is 2.12. The zero-order valence-electron chi connectivity index (χ0n) is 8.66. The lowest BCUT2D eigenvalue weighted by atomic mass is 9.73. The van der Waals surface area contributed by atoms with E-state index in [0.29, 0.717) is 12.8 Å². The molecule has 80 valence electrons. The third-order valence-electron chi connectivity index (χ3n) is 3.23. The van der Waals surface area contributed by atoms with Crippen LogP contribution in [-0.4, -0.2) is 16.2 Å². The first-order valence-electron chi connectivity index (χ1n) is 5.05. The van der Waals surface area contributed by atoms with Crippen LogP contribution in [0.3, 0.4) is 0 Å². The maximum absolute atomic E-state index is 11.1. The van der Waals surface area contributed by atoms with Crippen LogP contribution < -0.4 is 0 Å². The van der Waals surface area contributed by atoms with Crippen LogP contribution in [0.1, 0.15) is 24.5 Å². The minimum atomic E-state index is -0.735. The van der Waals surface area contributed by atoms with Crippen LogP contribution in [0.5, 0.6) is 5.75 Å². The molecule has 0 aromatic heterocycles. The van der Waals surface area contributed by atoms with Crippen LogP contribution in [0.4, 0.5) is 0 Å². The Hall–Kier alpha value is -1.51. The maximum Gasteiger partial charge on any atom is 0.309 e. The summed E-state index contributed by atoms with van der Waals surface area (Å²) in [6, 6.07) is 5.17. The van der Waals surface area contributed by atoms with Crippen molar-refractivity contribution < 1.29 is 15.0 Å². The zero-order chi connectivity index (χ0) is 11.1. The Morgan fingerprint density at radius 1 is 1.40 bits per heavy atom. The van der Waals surface area contributed by atoms with Crippen molar-refractivity contribution in [2.75, 3.05) is 0 Å². The van der Waals surface area contributed by atoms with Crippen LogP contribution in [0.15, 0.2) is 18.2 Å². The van der Waals surface area contributed by atoms with Gasteiger partial charge in [0.2, 0.25) is 0 Å². The predicted octanol–water partition coefficient (Wildman–Crippen LogP) is 1.97. The Morgan fingerprint density at radius 3 is 2.80 bits per heavy atom. The van der Waals surface area contributed by atoms with Gasteiger partial charge in [-0.1, -0.05) is 6.07 Å². The monoisotopic (exact) mass is 206 g/mol. The van der Waals surface area contributed by atoms with Gasteiger partial charge in [-0.2, -0.15) is 0 Å². The highest BCUT2D eigenvalue weighted by Crippen LogP contribution is 2.36. The first kappa shape index (κ1) is 10.0. The molecular weight excluding hydrogens is 192 g/mol. The number of hydrogen-bond acceptors (Lipinski definition) is 2. The number of carboxylic acid groups (broad SMARTS) is 1. The molecule has 1 aliphatic rings. The molecule has 0 spiro atoms. The average molecular weight is 206 g/mol. The van der Waals surface area contributed by atoms with E-state index >= 15 is 0 Å². The fourth-order valence-corrected chi connectivity index (χ4v) is 2.12. The van der Waals surface area contributed by atoms with E-state index in [4.69, 9.17) is 5.11 Å². The summed E-state index contributed by atoms with van der Waals surface area (Å²) < 4.78 is 0. The molecule has 1 unspecified atom stereocenters. The summed E-state index contributed by atoms with van der Waals surface area (Å²) in [6.45, 7) is 1.78. The standard InChI is InChI=1S/C12H14O3/c1-12(11(14)15)5-4-8-6-10(13)3-2-9(8)7-12/h2-3,6,13H,4-5,7H2,1H3,(H,14,15). The van der Waals surface area contributed by atoms with Gasteiger partial charge in [0.1, 0.15) is 5.75 Å². The number of phenols is 1. The third-order valence-corrected chi connectivity index (χ3v) is 3.23. The van der Waals surface area contributed by atoms with E-state index in [1.54, 1.807) is 19.1 Å². The Morgan fingerprint density at radius 2 is 2.13 bits per heavy atom. The van der Waals surface area contributed by atoms with Gasteiger partial charge in [-0.15, -0.1) is 0 Å². The first-order chi connectivity index (χ1) is 7.01. The van der Waals surface area contributed by atoms with Crippen molar-refractivity contribution in [1.29, 1.82) is 0 Å². The second-order valence-electron chi connectivity index (χ2n) is 4.50. The Kier molecular flexibility index (Phi) is 2.18. The molecule has 0 saturated carbocycles. The molecule has 0 amide bonds. The van der Waals surface area contributed by atoms with Crippen molar-refractivity contribution in [2.45, 2.75) is 26.2 Å². The van der Waals surface area contributed by atoms with Crippen LogP contribution >= 0.6 is 0 Å². The number of aryl methyl sites for hydroxylation is 1. The molecule has 3 nitrogen and oxygen atoms in total. The molecule has 0 aliphatic heterocycles. The molecule has 0 fully saturated rings. The van der Waals surface area contributed by atoms with Gasteiger partial charge < -0.3 is 10.2 Å². The van der Waals surface area contributed by atoms with E-state index in [1.165, 1.54) is 0 Å². The van der Waals surface area contributed by atoms with E-state index in [9.17, 15) is 9.90 Å². The summed E-state index contributed by atoms with van der Waals surface area (Å²) in [5, 5.41) is 18.4. The van der Waals surface area contributed by atoms with Gasteiger partial charge in [0.15, 0.2) is 0 Å². The van der Waals surface area contributed by atoms with E-state index < -0.39 is 11.4 Å². The molecular formula is C12H14O3. The number of fused-ring (bicyclic) bond motifs is 1. The Labute approximate surface area is 88.4 Å². The van der Waals surface area contributed by atoms with Crippen LogP contribution in [0.2, 0.25) is 0 Å². The Balaban J connectivity index is 2.35. The first-order valence-corrected chi connectivity index (χ1v) is 5.05. The van der Waals surface area contributed by atoms with E-state index in [1.807, 2.05) is 6.07 Å². The predicted molar refractivity (Wildman–Crippen MR) is 55.9 cm³/mol.